The van der Waals surface area contributed by atoms with Gasteiger partial charge in [-0.15, -0.1) is 11.3 Å². The summed E-state index contributed by atoms with van der Waals surface area (Å²) in [5, 5.41) is 0.781. The van der Waals surface area contributed by atoms with Crippen molar-refractivity contribution in [1.82, 2.24) is 0 Å². The van der Waals surface area contributed by atoms with Crippen molar-refractivity contribution >= 4 is 34.2 Å². The first-order chi connectivity index (χ1) is 11.4. The van der Waals surface area contributed by atoms with Crippen LogP contribution in [-0.2, 0) is 10.2 Å². The number of rotatable bonds is 3. The first-order valence-corrected chi connectivity index (χ1v) is 8.53. The third-order valence-electron chi connectivity index (χ3n) is 4.35. The van der Waals surface area contributed by atoms with Crippen LogP contribution in [0.5, 0.6) is 0 Å². The van der Waals surface area contributed by atoms with Crippen molar-refractivity contribution in [3.8, 4) is 0 Å². The maximum absolute atomic E-state index is 11.5. The molecule has 0 saturated carbocycles. The number of ether oxygens (including phenoxy) is 1. The second kappa shape index (κ2) is 6.24. The minimum absolute atomic E-state index is 0.0655. The Morgan fingerprint density at radius 2 is 2.00 bits per heavy atom. The number of hydrogen-bond donors (Lipinski definition) is 0. The molecule has 1 aliphatic heterocycles. The van der Waals surface area contributed by atoms with Crippen LogP contribution >= 0.6 is 11.3 Å². The summed E-state index contributed by atoms with van der Waals surface area (Å²) in [6.07, 6.45) is 3.84. The van der Waals surface area contributed by atoms with Gasteiger partial charge in [-0.2, -0.15) is 0 Å². The van der Waals surface area contributed by atoms with Gasteiger partial charge >= 0.3 is 5.97 Å². The molecule has 1 aromatic carbocycles. The molecule has 0 N–H and O–H groups in total. The number of benzene rings is 1. The Kier molecular flexibility index (Phi) is 4.28. The molecule has 2 aromatic rings. The number of allylic oxidation sites excluding steroid dienone is 2. The topological polar surface area (TPSA) is 41.9 Å². The van der Waals surface area contributed by atoms with Crippen LogP contribution in [-0.4, -0.2) is 26.3 Å². The first-order valence-electron chi connectivity index (χ1n) is 7.71. The monoisotopic (exact) mass is 340 g/mol. The highest BCUT2D eigenvalue weighted by Gasteiger charge is 2.37. The number of aliphatic imine (C=N–C) groups is 1. The van der Waals surface area contributed by atoms with Gasteiger partial charge in [0.25, 0.3) is 0 Å². The van der Waals surface area contributed by atoms with Crippen molar-refractivity contribution in [3.63, 3.8) is 0 Å². The molecule has 0 bridgehead atoms. The number of carbonyl (C=O) groups excluding carboxylic acids is 1. The number of fused-ring (bicyclic) bond motifs is 1. The van der Waals surface area contributed by atoms with E-state index in [2.05, 4.69) is 55.1 Å². The van der Waals surface area contributed by atoms with E-state index in [0.29, 0.717) is 4.88 Å². The third kappa shape index (κ3) is 2.76. The summed E-state index contributed by atoms with van der Waals surface area (Å²) in [6.45, 7) is 4.44. The largest absolute Gasteiger partial charge is 0.465 e. The number of para-hydroxylation sites is 1. The van der Waals surface area contributed by atoms with E-state index in [0.717, 1.165) is 5.00 Å². The van der Waals surface area contributed by atoms with Gasteiger partial charge in [-0.05, 0) is 29.8 Å². The minimum atomic E-state index is -0.327. The van der Waals surface area contributed by atoms with Crippen molar-refractivity contribution in [1.29, 1.82) is 0 Å². The fourth-order valence-electron chi connectivity index (χ4n) is 3.09. The van der Waals surface area contributed by atoms with Crippen LogP contribution in [0.2, 0.25) is 0 Å². The molecule has 0 spiro atoms. The van der Waals surface area contributed by atoms with Gasteiger partial charge in [0, 0.05) is 30.1 Å². The lowest BCUT2D eigenvalue weighted by atomic mass is 9.84. The van der Waals surface area contributed by atoms with Crippen LogP contribution in [0.15, 0.2) is 53.2 Å². The van der Waals surface area contributed by atoms with E-state index in [1.165, 1.54) is 35.4 Å². The van der Waals surface area contributed by atoms with Crippen molar-refractivity contribution in [2.45, 2.75) is 19.3 Å². The molecule has 5 heteroatoms. The van der Waals surface area contributed by atoms with Crippen LogP contribution in [0, 0.1) is 0 Å². The van der Waals surface area contributed by atoms with E-state index >= 15 is 0 Å². The van der Waals surface area contributed by atoms with E-state index in [1.54, 1.807) is 12.3 Å². The summed E-state index contributed by atoms with van der Waals surface area (Å²) in [7, 11) is 3.46. The lowest BCUT2D eigenvalue weighted by Gasteiger charge is -2.23. The van der Waals surface area contributed by atoms with Gasteiger partial charge in [0.2, 0.25) is 0 Å². The molecule has 124 valence electrons. The van der Waals surface area contributed by atoms with Crippen molar-refractivity contribution in [2.24, 2.45) is 4.99 Å². The van der Waals surface area contributed by atoms with E-state index in [4.69, 9.17) is 4.74 Å². The molecule has 0 fully saturated rings. The standard InChI is InChI=1S/C19H20N2O2S/c1-19(2)13-7-5-6-8-14(13)21(3)16(19)11-12-20-17-10-9-15(24-17)18(22)23-4/h5-12H,1-4H3/b16-11+,20-12+. The summed E-state index contributed by atoms with van der Waals surface area (Å²) in [6, 6.07) is 12.0. The smallest absolute Gasteiger partial charge is 0.348 e. The van der Waals surface area contributed by atoms with Gasteiger partial charge < -0.3 is 9.64 Å². The molecule has 1 aliphatic rings. The summed E-state index contributed by atoms with van der Waals surface area (Å²) < 4.78 is 4.71. The number of carbonyl (C=O) groups is 1. The zero-order valence-corrected chi connectivity index (χ0v) is 15.1. The number of nitrogens with zero attached hydrogens (tertiary/aromatic N) is 2. The molecule has 0 atom stereocenters. The Balaban J connectivity index is 1.85. The fraction of sp³-hybridized carbons (Fsp3) is 0.263. The lowest BCUT2D eigenvalue weighted by molar-refractivity contribution is 0.0606. The van der Waals surface area contributed by atoms with E-state index in [9.17, 15) is 4.79 Å². The molecule has 0 saturated heterocycles. The number of methoxy groups -OCH3 is 1. The Morgan fingerprint density at radius 3 is 2.71 bits per heavy atom. The quantitative estimate of drug-likeness (QED) is 0.608. The van der Waals surface area contributed by atoms with E-state index in [-0.39, 0.29) is 11.4 Å². The highest BCUT2D eigenvalue weighted by Crippen LogP contribution is 2.46. The van der Waals surface area contributed by atoms with Crippen molar-refractivity contribution in [3.05, 3.63) is 58.6 Å². The average molecular weight is 340 g/mol. The molecule has 0 unspecified atom stereocenters. The van der Waals surface area contributed by atoms with Gasteiger partial charge in [0.1, 0.15) is 9.88 Å². The molecule has 3 rings (SSSR count). The van der Waals surface area contributed by atoms with Gasteiger partial charge in [-0.3, -0.25) is 0 Å². The number of hydrogen-bond acceptors (Lipinski definition) is 5. The van der Waals surface area contributed by atoms with Crippen LogP contribution < -0.4 is 4.90 Å². The Bertz CT molecular complexity index is 833. The third-order valence-corrected chi connectivity index (χ3v) is 5.33. The average Bonchev–Trinajstić information content (AvgIpc) is 3.12. The number of likely N-dealkylation sites (N-methyl/N-ethyl adjacent to an activating group) is 1. The fourth-order valence-corrected chi connectivity index (χ4v) is 3.87. The second-order valence-corrected chi connectivity index (χ2v) is 7.22. The highest BCUT2D eigenvalue weighted by molar-refractivity contribution is 7.17. The van der Waals surface area contributed by atoms with Crippen LogP contribution in [0.3, 0.4) is 0 Å². The molecular weight excluding hydrogens is 320 g/mol. The molecule has 1 aromatic heterocycles. The summed E-state index contributed by atoms with van der Waals surface area (Å²) in [5.74, 6) is -0.327. The molecule has 24 heavy (non-hydrogen) atoms. The molecular formula is C19H20N2O2S. The number of esters is 1. The number of thiophene rings is 1. The van der Waals surface area contributed by atoms with Gasteiger partial charge in [-0.25, -0.2) is 9.79 Å². The van der Waals surface area contributed by atoms with Gasteiger partial charge in [-0.1, -0.05) is 32.0 Å². The molecule has 2 heterocycles. The van der Waals surface area contributed by atoms with Crippen molar-refractivity contribution < 1.29 is 9.53 Å². The molecule has 0 radical (unpaired) electrons. The maximum Gasteiger partial charge on any atom is 0.348 e. The predicted octanol–water partition coefficient (Wildman–Crippen LogP) is 4.55. The molecule has 4 nitrogen and oxygen atoms in total. The normalized spacial score (nSPS) is 17.5. The predicted molar refractivity (Wildman–Crippen MR) is 99.8 cm³/mol. The van der Waals surface area contributed by atoms with Gasteiger partial charge in [0.15, 0.2) is 0 Å². The minimum Gasteiger partial charge on any atom is -0.465 e. The SMILES string of the molecule is COC(=O)c1ccc(/N=C/C=C2/N(C)c3ccccc3C2(C)C)s1. The van der Waals surface area contributed by atoms with Gasteiger partial charge in [0.05, 0.1) is 7.11 Å². The van der Waals surface area contributed by atoms with Crippen LogP contribution in [0.4, 0.5) is 10.7 Å². The molecule has 0 amide bonds. The van der Waals surface area contributed by atoms with E-state index in [1.807, 2.05) is 12.1 Å². The van der Waals surface area contributed by atoms with Crippen LogP contribution in [0.1, 0.15) is 29.1 Å². The number of anilines is 1. The zero-order chi connectivity index (χ0) is 17.3. The lowest BCUT2D eigenvalue weighted by Crippen LogP contribution is -2.22. The second-order valence-electron chi connectivity index (χ2n) is 6.16. The summed E-state index contributed by atoms with van der Waals surface area (Å²) in [4.78, 5) is 18.7. The highest BCUT2D eigenvalue weighted by atomic mass is 32.1. The zero-order valence-electron chi connectivity index (χ0n) is 14.2. The Labute approximate surface area is 146 Å². The Hall–Kier alpha value is -2.40. The van der Waals surface area contributed by atoms with Crippen molar-refractivity contribution in [2.75, 3.05) is 19.1 Å². The Morgan fingerprint density at radius 1 is 1.25 bits per heavy atom. The van der Waals surface area contributed by atoms with E-state index < -0.39 is 0 Å². The van der Waals surface area contributed by atoms with Crippen LogP contribution in [0.25, 0.3) is 0 Å². The molecule has 0 aliphatic carbocycles. The summed E-state index contributed by atoms with van der Waals surface area (Å²) in [5.41, 5.74) is 3.67. The maximum atomic E-state index is 11.5. The first kappa shape index (κ1) is 16.5. The summed E-state index contributed by atoms with van der Waals surface area (Å²) >= 11 is 1.32.